The van der Waals surface area contributed by atoms with E-state index in [2.05, 4.69) is 22.0 Å². The average molecular weight is 297 g/mol. The number of halogens is 1. The molecule has 0 aromatic heterocycles. The van der Waals surface area contributed by atoms with Crippen molar-refractivity contribution >= 4 is 21.6 Å². The molecule has 2 atom stereocenters. The molecule has 1 aromatic carbocycles. The zero-order valence-corrected chi connectivity index (χ0v) is 11.9. The SMILES string of the molecule is CC(C#N)CN(C)c1ccc(C(C)O)cc1Br. The summed E-state index contributed by atoms with van der Waals surface area (Å²) >= 11 is 3.49. The van der Waals surface area contributed by atoms with Gasteiger partial charge in [-0.2, -0.15) is 5.26 Å². The lowest BCUT2D eigenvalue weighted by atomic mass is 10.1. The normalized spacial score (nSPS) is 13.9. The maximum Gasteiger partial charge on any atom is 0.0762 e. The van der Waals surface area contributed by atoms with Crippen molar-refractivity contribution in [1.82, 2.24) is 0 Å². The first-order chi connectivity index (χ1) is 7.95. The molecule has 1 rings (SSSR count). The van der Waals surface area contributed by atoms with Crippen LogP contribution in [0, 0.1) is 17.2 Å². The van der Waals surface area contributed by atoms with Crippen molar-refractivity contribution in [2.24, 2.45) is 5.92 Å². The molecule has 0 heterocycles. The molecule has 17 heavy (non-hydrogen) atoms. The van der Waals surface area contributed by atoms with Crippen molar-refractivity contribution in [2.45, 2.75) is 20.0 Å². The highest BCUT2D eigenvalue weighted by Gasteiger charge is 2.11. The summed E-state index contributed by atoms with van der Waals surface area (Å²) in [4.78, 5) is 2.03. The van der Waals surface area contributed by atoms with Crippen LogP contribution in [0.5, 0.6) is 0 Å². The molecule has 0 saturated carbocycles. The highest BCUT2D eigenvalue weighted by molar-refractivity contribution is 9.10. The second kappa shape index (κ2) is 6.04. The Labute approximate surface area is 111 Å². The Kier molecular flexibility index (Phi) is 4.98. The van der Waals surface area contributed by atoms with E-state index in [1.807, 2.05) is 37.1 Å². The fourth-order valence-electron chi connectivity index (χ4n) is 1.64. The van der Waals surface area contributed by atoms with Gasteiger partial charge in [-0.3, -0.25) is 0 Å². The number of hydrogen-bond donors (Lipinski definition) is 1. The lowest BCUT2D eigenvalue weighted by Crippen LogP contribution is -2.23. The Balaban J connectivity index is 2.89. The quantitative estimate of drug-likeness (QED) is 0.929. The first-order valence-corrected chi connectivity index (χ1v) is 6.33. The standard InChI is InChI=1S/C13H17BrN2O/c1-9(7-15)8-16(3)13-5-4-11(10(2)17)6-12(13)14/h4-6,9-10,17H,8H2,1-3H3. The predicted molar refractivity (Wildman–Crippen MR) is 72.8 cm³/mol. The van der Waals surface area contributed by atoms with Crippen molar-refractivity contribution in [3.05, 3.63) is 28.2 Å². The predicted octanol–water partition coefficient (Wildman–Crippen LogP) is 3.10. The summed E-state index contributed by atoms with van der Waals surface area (Å²) < 4.78 is 0.934. The number of rotatable bonds is 4. The summed E-state index contributed by atoms with van der Waals surface area (Å²) in [6, 6.07) is 7.98. The number of hydrogen-bond acceptors (Lipinski definition) is 3. The number of nitriles is 1. The van der Waals surface area contributed by atoms with Crippen LogP contribution in [0.25, 0.3) is 0 Å². The van der Waals surface area contributed by atoms with Crippen LogP contribution in [0.15, 0.2) is 22.7 Å². The molecular weight excluding hydrogens is 280 g/mol. The van der Waals surface area contributed by atoms with E-state index in [1.54, 1.807) is 6.92 Å². The second-order valence-corrected chi connectivity index (χ2v) is 5.15. The van der Waals surface area contributed by atoms with Gasteiger partial charge >= 0.3 is 0 Å². The van der Waals surface area contributed by atoms with Gasteiger partial charge in [-0.25, -0.2) is 0 Å². The molecule has 92 valence electrons. The molecule has 4 heteroatoms. The zero-order valence-electron chi connectivity index (χ0n) is 10.3. The van der Waals surface area contributed by atoms with Crippen molar-refractivity contribution in [2.75, 3.05) is 18.5 Å². The van der Waals surface area contributed by atoms with E-state index >= 15 is 0 Å². The van der Waals surface area contributed by atoms with Gasteiger partial charge in [0.25, 0.3) is 0 Å². The Hall–Kier alpha value is -1.05. The summed E-state index contributed by atoms with van der Waals surface area (Å²) in [5.41, 5.74) is 1.90. The monoisotopic (exact) mass is 296 g/mol. The maximum atomic E-state index is 9.48. The van der Waals surface area contributed by atoms with Gasteiger partial charge in [0, 0.05) is 18.1 Å². The van der Waals surface area contributed by atoms with E-state index < -0.39 is 6.10 Å². The zero-order chi connectivity index (χ0) is 13.0. The van der Waals surface area contributed by atoms with E-state index in [9.17, 15) is 5.11 Å². The van der Waals surface area contributed by atoms with Gasteiger partial charge in [-0.1, -0.05) is 6.07 Å². The van der Waals surface area contributed by atoms with Gasteiger partial charge in [-0.15, -0.1) is 0 Å². The van der Waals surface area contributed by atoms with Crippen molar-refractivity contribution in [1.29, 1.82) is 5.26 Å². The topological polar surface area (TPSA) is 47.3 Å². The number of benzene rings is 1. The minimum Gasteiger partial charge on any atom is -0.389 e. The van der Waals surface area contributed by atoms with Crippen LogP contribution < -0.4 is 4.90 Å². The van der Waals surface area contributed by atoms with Gasteiger partial charge in [-0.05, 0) is 47.5 Å². The summed E-state index contributed by atoms with van der Waals surface area (Å²) in [5.74, 6) is -0.0108. The first-order valence-electron chi connectivity index (χ1n) is 5.54. The molecule has 3 nitrogen and oxygen atoms in total. The Bertz CT molecular complexity index is 426. The minimum absolute atomic E-state index is 0.0108. The molecule has 0 aliphatic rings. The fourth-order valence-corrected chi connectivity index (χ4v) is 2.34. The Morgan fingerprint density at radius 3 is 2.59 bits per heavy atom. The minimum atomic E-state index is -0.469. The summed E-state index contributed by atoms with van der Waals surface area (Å²) in [7, 11) is 1.95. The Morgan fingerprint density at radius 2 is 2.12 bits per heavy atom. The number of anilines is 1. The third-order valence-corrected chi connectivity index (χ3v) is 3.27. The molecule has 0 fully saturated rings. The van der Waals surface area contributed by atoms with E-state index in [0.29, 0.717) is 6.54 Å². The second-order valence-electron chi connectivity index (χ2n) is 4.30. The molecule has 0 aliphatic heterocycles. The Morgan fingerprint density at radius 1 is 1.47 bits per heavy atom. The molecule has 0 amide bonds. The average Bonchev–Trinajstić information content (AvgIpc) is 2.28. The van der Waals surface area contributed by atoms with E-state index in [0.717, 1.165) is 15.7 Å². The molecule has 0 bridgehead atoms. The molecule has 1 aromatic rings. The van der Waals surface area contributed by atoms with Crippen LogP contribution in [-0.2, 0) is 0 Å². The molecule has 2 unspecified atom stereocenters. The van der Waals surface area contributed by atoms with Crippen LogP contribution in [0.1, 0.15) is 25.5 Å². The third kappa shape index (κ3) is 3.72. The highest BCUT2D eigenvalue weighted by atomic mass is 79.9. The van der Waals surface area contributed by atoms with Crippen LogP contribution in [0.4, 0.5) is 5.69 Å². The number of nitrogens with zero attached hydrogens (tertiary/aromatic N) is 2. The van der Waals surface area contributed by atoms with Gasteiger partial charge < -0.3 is 10.0 Å². The number of aliphatic hydroxyl groups is 1. The van der Waals surface area contributed by atoms with Crippen LogP contribution >= 0.6 is 15.9 Å². The van der Waals surface area contributed by atoms with Crippen LogP contribution in [0.3, 0.4) is 0 Å². The van der Waals surface area contributed by atoms with Gasteiger partial charge in [0.15, 0.2) is 0 Å². The molecule has 0 saturated heterocycles. The molecular formula is C13H17BrN2O. The van der Waals surface area contributed by atoms with E-state index in [4.69, 9.17) is 5.26 Å². The van der Waals surface area contributed by atoms with Crippen LogP contribution in [0.2, 0.25) is 0 Å². The lowest BCUT2D eigenvalue weighted by Gasteiger charge is -2.22. The van der Waals surface area contributed by atoms with Gasteiger partial charge in [0.05, 0.1) is 23.8 Å². The molecule has 0 aliphatic carbocycles. The number of aliphatic hydroxyl groups excluding tert-OH is 1. The third-order valence-electron chi connectivity index (χ3n) is 2.63. The lowest BCUT2D eigenvalue weighted by molar-refractivity contribution is 0.199. The smallest absolute Gasteiger partial charge is 0.0762 e. The summed E-state index contributed by atoms with van der Waals surface area (Å²) in [6.07, 6.45) is -0.469. The molecule has 0 spiro atoms. The van der Waals surface area contributed by atoms with Gasteiger partial charge in [0.1, 0.15) is 0 Å². The maximum absolute atomic E-state index is 9.48. The first kappa shape index (κ1) is 14.0. The summed E-state index contributed by atoms with van der Waals surface area (Å²) in [6.45, 7) is 4.32. The fraction of sp³-hybridized carbons (Fsp3) is 0.462. The van der Waals surface area contributed by atoms with Crippen molar-refractivity contribution < 1.29 is 5.11 Å². The highest BCUT2D eigenvalue weighted by Crippen LogP contribution is 2.29. The molecule has 0 radical (unpaired) electrons. The molecule has 1 N–H and O–H groups in total. The van der Waals surface area contributed by atoms with Crippen molar-refractivity contribution in [3.8, 4) is 6.07 Å². The van der Waals surface area contributed by atoms with Crippen LogP contribution in [-0.4, -0.2) is 18.7 Å². The summed E-state index contributed by atoms with van der Waals surface area (Å²) in [5, 5.41) is 18.3. The van der Waals surface area contributed by atoms with E-state index in [1.165, 1.54) is 0 Å². The van der Waals surface area contributed by atoms with E-state index in [-0.39, 0.29) is 5.92 Å². The largest absolute Gasteiger partial charge is 0.389 e. The van der Waals surface area contributed by atoms with Crippen molar-refractivity contribution in [3.63, 3.8) is 0 Å². The van der Waals surface area contributed by atoms with Gasteiger partial charge in [0.2, 0.25) is 0 Å².